The van der Waals surface area contributed by atoms with Crippen LogP contribution in [0.1, 0.15) is 31.3 Å². The van der Waals surface area contributed by atoms with Crippen LogP contribution in [-0.2, 0) is 20.0 Å². The molecule has 1 aromatic carbocycles. The first-order chi connectivity index (χ1) is 18.8. The van der Waals surface area contributed by atoms with Crippen LogP contribution in [0.3, 0.4) is 0 Å². The van der Waals surface area contributed by atoms with Gasteiger partial charge in [-0.3, -0.25) is 0 Å². The van der Waals surface area contributed by atoms with E-state index in [2.05, 4.69) is 37.7 Å². The normalized spacial score (nSPS) is 25.0. The smallest absolute Gasteiger partial charge is 0.231 e. The highest BCUT2D eigenvalue weighted by atomic mass is 127. The van der Waals surface area contributed by atoms with Crippen molar-refractivity contribution in [1.82, 2.24) is 24.9 Å². The molecule has 3 aliphatic heterocycles. The molecule has 4 aromatic rings. The van der Waals surface area contributed by atoms with Gasteiger partial charge in [0, 0.05) is 22.6 Å². The summed E-state index contributed by atoms with van der Waals surface area (Å²) in [7, 11) is 0. The second-order valence-electron chi connectivity index (χ2n) is 9.98. The maximum absolute atomic E-state index is 6.54. The summed E-state index contributed by atoms with van der Waals surface area (Å²) in [5, 5.41) is 9.62. The average molecular weight is 664 g/mol. The fourth-order valence-electron chi connectivity index (χ4n) is 5.22. The largest absolute Gasteiger partial charge is 0.454 e. The molecule has 14 heteroatoms. The van der Waals surface area contributed by atoms with E-state index in [-0.39, 0.29) is 25.1 Å². The summed E-state index contributed by atoms with van der Waals surface area (Å²) < 4.78 is 38.3. The fourth-order valence-corrected chi connectivity index (χ4v) is 7.13. The predicted octanol–water partition coefficient (Wildman–Crippen LogP) is 4.06. The van der Waals surface area contributed by atoms with E-state index in [0.29, 0.717) is 37.8 Å². The van der Waals surface area contributed by atoms with Crippen molar-refractivity contribution in [2.75, 3.05) is 18.3 Å². The van der Waals surface area contributed by atoms with Crippen molar-refractivity contribution < 1.29 is 28.2 Å². The van der Waals surface area contributed by atoms with E-state index in [0.717, 1.165) is 28.3 Å². The summed E-state index contributed by atoms with van der Waals surface area (Å²) in [4.78, 5) is 8.55. The average Bonchev–Trinajstić information content (AvgIpc) is 3.70. The Balaban J connectivity index is 1.12. The molecule has 6 heterocycles. The molecule has 0 unspecified atom stereocenters. The number of anilines is 1. The Kier molecular flexibility index (Phi) is 6.15. The van der Waals surface area contributed by atoms with E-state index in [1.807, 2.05) is 39.0 Å². The van der Waals surface area contributed by atoms with Gasteiger partial charge in [-0.2, -0.15) is 16.9 Å². The van der Waals surface area contributed by atoms with Gasteiger partial charge in [0.15, 0.2) is 34.9 Å². The van der Waals surface area contributed by atoms with Gasteiger partial charge >= 0.3 is 0 Å². The number of benzene rings is 1. The van der Waals surface area contributed by atoms with Gasteiger partial charge in [-0.05, 0) is 61.6 Å². The quantitative estimate of drug-likeness (QED) is 0.297. The van der Waals surface area contributed by atoms with Crippen LogP contribution in [0.5, 0.6) is 11.5 Å². The number of ether oxygens (including phenoxy) is 5. The third kappa shape index (κ3) is 4.32. The molecule has 0 radical (unpaired) electrons. The van der Waals surface area contributed by atoms with Crippen molar-refractivity contribution in [1.29, 1.82) is 0 Å². The Morgan fingerprint density at radius 1 is 1.15 bits per heavy atom. The molecule has 0 bridgehead atoms. The molecule has 3 aromatic heterocycles. The fraction of sp³-hybridized carbons (Fsp3) is 0.440. The molecule has 2 N–H and O–H groups in total. The van der Waals surface area contributed by atoms with Crippen LogP contribution in [-0.4, -0.2) is 61.5 Å². The Hall–Kier alpha value is -2.66. The third-order valence-corrected chi connectivity index (χ3v) is 8.80. The minimum absolute atomic E-state index is 0.220. The Bertz CT molecular complexity index is 1580. The van der Waals surface area contributed by atoms with Crippen molar-refractivity contribution in [3.05, 3.63) is 39.5 Å². The number of thioether (sulfide) groups is 1. The Labute approximate surface area is 241 Å². The summed E-state index contributed by atoms with van der Waals surface area (Å²) in [6, 6.07) is 5.76. The van der Waals surface area contributed by atoms with Crippen LogP contribution in [0.4, 0.5) is 5.82 Å². The molecule has 0 saturated carbocycles. The van der Waals surface area contributed by atoms with E-state index < -0.39 is 12.0 Å². The molecule has 12 nitrogen and oxygen atoms in total. The number of rotatable bonds is 6. The van der Waals surface area contributed by atoms with E-state index in [4.69, 9.17) is 39.0 Å². The zero-order valence-corrected chi connectivity index (χ0v) is 24.3. The van der Waals surface area contributed by atoms with Crippen molar-refractivity contribution in [2.45, 2.75) is 56.9 Å². The lowest BCUT2D eigenvalue weighted by Crippen LogP contribution is -2.31. The van der Waals surface area contributed by atoms with Crippen LogP contribution in [0, 0.1) is 10.6 Å². The second-order valence-corrected chi connectivity index (χ2v) is 12.0. The lowest BCUT2D eigenvalue weighted by molar-refractivity contribution is -0.195. The molecular weight excluding hydrogens is 639 g/mol. The molecule has 39 heavy (non-hydrogen) atoms. The number of fused-ring (bicyclic) bond motifs is 3. The number of nitrogens with zero attached hydrogens (tertiary/aromatic N) is 5. The van der Waals surface area contributed by atoms with E-state index in [9.17, 15) is 0 Å². The van der Waals surface area contributed by atoms with Gasteiger partial charge in [0.2, 0.25) is 6.79 Å². The maximum Gasteiger partial charge on any atom is 0.231 e. The minimum Gasteiger partial charge on any atom is -0.454 e. The number of nitrogens with two attached hydrogens (primary N) is 1. The van der Waals surface area contributed by atoms with Gasteiger partial charge < -0.3 is 33.9 Å². The Morgan fingerprint density at radius 2 is 1.97 bits per heavy atom. The first kappa shape index (κ1) is 25.3. The number of hydrogen-bond acceptors (Lipinski definition) is 12. The molecule has 204 valence electrons. The van der Waals surface area contributed by atoms with Gasteiger partial charge in [0.1, 0.15) is 28.1 Å². The highest BCUT2D eigenvalue weighted by Gasteiger charge is 2.56. The van der Waals surface area contributed by atoms with Crippen LogP contribution < -0.4 is 15.2 Å². The number of aromatic nitrogens is 5. The SMILES string of the molecule is Cc1noc(-c2ccc3c(c2)OCO3)c1CSC[C@H]1O[C@@H](n2nc(I)c3c(N)ncnc32)[C@@H]2OC(C)(C)O[C@@H]21. The number of aryl methyl sites for hydroxylation is 1. The first-order valence-corrected chi connectivity index (χ1v) is 14.6. The zero-order valence-electron chi connectivity index (χ0n) is 21.3. The van der Waals surface area contributed by atoms with Crippen LogP contribution >= 0.6 is 34.4 Å². The van der Waals surface area contributed by atoms with Gasteiger partial charge in [0.05, 0.1) is 17.2 Å². The van der Waals surface area contributed by atoms with E-state index >= 15 is 0 Å². The summed E-state index contributed by atoms with van der Waals surface area (Å²) in [6.07, 6.45) is 0.0367. The van der Waals surface area contributed by atoms with Gasteiger partial charge in [-0.25, -0.2) is 14.6 Å². The first-order valence-electron chi connectivity index (χ1n) is 12.4. The molecular formula is C25H25IN6O6S. The maximum atomic E-state index is 6.54. The highest BCUT2D eigenvalue weighted by molar-refractivity contribution is 14.1. The lowest BCUT2D eigenvalue weighted by Gasteiger charge is -2.24. The molecule has 4 atom stereocenters. The van der Waals surface area contributed by atoms with Crippen LogP contribution in [0.2, 0.25) is 0 Å². The number of halogens is 1. The highest BCUT2D eigenvalue weighted by Crippen LogP contribution is 2.45. The van der Waals surface area contributed by atoms with Crippen molar-refractivity contribution in [2.24, 2.45) is 0 Å². The zero-order chi connectivity index (χ0) is 26.9. The predicted molar refractivity (Wildman–Crippen MR) is 149 cm³/mol. The van der Waals surface area contributed by atoms with Crippen molar-refractivity contribution in [3.8, 4) is 22.8 Å². The molecule has 2 saturated heterocycles. The van der Waals surface area contributed by atoms with Crippen LogP contribution in [0.15, 0.2) is 29.0 Å². The third-order valence-electron chi connectivity index (χ3n) is 6.99. The summed E-state index contributed by atoms with van der Waals surface area (Å²) in [5.41, 5.74) is 9.47. The van der Waals surface area contributed by atoms with Crippen molar-refractivity contribution >= 4 is 51.2 Å². The topological polar surface area (TPSA) is 142 Å². The molecule has 0 aliphatic carbocycles. The molecule has 0 amide bonds. The summed E-state index contributed by atoms with van der Waals surface area (Å²) in [6.45, 7) is 5.99. The number of nitrogen functional groups attached to an aromatic ring is 1. The lowest BCUT2D eigenvalue weighted by atomic mass is 10.1. The van der Waals surface area contributed by atoms with Gasteiger partial charge in [0.25, 0.3) is 0 Å². The standard InChI is InChI=1S/C25H25IN6O6S/c1-11-13(18(38-31-11)12-4-5-14-15(6-12)34-10-33-14)7-39-8-16-19-20(37-25(2,3)36-19)24(35-16)32-23-17(21(26)30-32)22(27)28-9-29-23/h4-6,9,16,19-20,24H,7-8,10H2,1-3H3,(H2,27,28,29)/t16-,19-,20-,24-/m1/s1. The number of hydrogen-bond donors (Lipinski definition) is 1. The monoisotopic (exact) mass is 664 g/mol. The van der Waals surface area contributed by atoms with Gasteiger partial charge in [-0.1, -0.05) is 5.16 Å². The molecule has 2 fully saturated rings. The van der Waals surface area contributed by atoms with Crippen molar-refractivity contribution in [3.63, 3.8) is 0 Å². The van der Waals surface area contributed by atoms with Gasteiger partial charge in [-0.15, -0.1) is 0 Å². The Morgan fingerprint density at radius 3 is 2.85 bits per heavy atom. The second kappa shape index (κ2) is 9.47. The summed E-state index contributed by atoms with van der Waals surface area (Å²) in [5.74, 6) is 3.12. The summed E-state index contributed by atoms with van der Waals surface area (Å²) >= 11 is 3.86. The van der Waals surface area contributed by atoms with E-state index in [1.54, 1.807) is 16.4 Å². The van der Waals surface area contributed by atoms with Crippen LogP contribution in [0.25, 0.3) is 22.4 Å². The molecule has 0 spiro atoms. The molecule has 3 aliphatic rings. The minimum atomic E-state index is -0.748. The molecule has 7 rings (SSSR count). The van der Waals surface area contributed by atoms with E-state index in [1.165, 1.54) is 6.33 Å².